The second kappa shape index (κ2) is 3.96. The number of hydrogen-bond donors (Lipinski definition) is 0. The summed E-state index contributed by atoms with van der Waals surface area (Å²) < 4.78 is 0. The van der Waals surface area contributed by atoms with Crippen LogP contribution in [0.5, 0.6) is 0 Å². The van der Waals surface area contributed by atoms with E-state index in [-0.39, 0.29) is 5.37 Å². The molecule has 1 fully saturated rings. The standard InChI is InChI=1S/C8H14ClNO/c1-10(8(9)11)7-5-3-2-4-6-7/h7H,2-6H2,1H3. The molecule has 11 heavy (non-hydrogen) atoms. The maximum absolute atomic E-state index is 10.7. The molecule has 0 heterocycles. The number of halogens is 1. The third kappa shape index (κ3) is 2.37. The Morgan fingerprint density at radius 3 is 2.36 bits per heavy atom. The lowest BCUT2D eigenvalue weighted by atomic mass is 9.95. The van der Waals surface area contributed by atoms with Crippen LogP contribution in [0, 0.1) is 0 Å². The fourth-order valence-electron chi connectivity index (χ4n) is 1.61. The summed E-state index contributed by atoms with van der Waals surface area (Å²) in [6.45, 7) is 0. The van der Waals surface area contributed by atoms with Crippen LogP contribution in [-0.2, 0) is 0 Å². The summed E-state index contributed by atoms with van der Waals surface area (Å²) in [5.74, 6) is 0. The van der Waals surface area contributed by atoms with Gasteiger partial charge in [0.15, 0.2) is 0 Å². The summed E-state index contributed by atoms with van der Waals surface area (Å²) in [7, 11) is 1.78. The van der Waals surface area contributed by atoms with Crippen LogP contribution < -0.4 is 0 Å². The van der Waals surface area contributed by atoms with Crippen LogP contribution >= 0.6 is 11.6 Å². The molecule has 3 heteroatoms. The molecule has 0 unspecified atom stereocenters. The maximum atomic E-state index is 10.7. The van der Waals surface area contributed by atoms with E-state index in [2.05, 4.69) is 0 Å². The van der Waals surface area contributed by atoms with Crippen molar-refractivity contribution in [2.75, 3.05) is 7.05 Å². The first kappa shape index (κ1) is 8.85. The monoisotopic (exact) mass is 175 g/mol. The van der Waals surface area contributed by atoms with E-state index < -0.39 is 0 Å². The minimum atomic E-state index is -0.322. The molecule has 1 aliphatic carbocycles. The highest BCUT2D eigenvalue weighted by Gasteiger charge is 2.20. The number of nitrogens with zero attached hydrogens (tertiary/aromatic N) is 1. The molecule has 0 radical (unpaired) electrons. The van der Waals surface area contributed by atoms with Crippen LogP contribution in [0.2, 0.25) is 0 Å². The Morgan fingerprint density at radius 1 is 1.36 bits per heavy atom. The normalized spacial score (nSPS) is 19.8. The highest BCUT2D eigenvalue weighted by atomic mass is 35.5. The second-order valence-corrected chi connectivity index (χ2v) is 3.48. The smallest absolute Gasteiger partial charge is 0.316 e. The number of hydrogen-bond acceptors (Lipinski definition) is 1. The Bertz CT molecular complexity index is 143. The maximum Gasteiger partial charge on any atom is 0.316 e. The van der Waals surface area contributed by atoms with Crippen LogP contribution in [-0.4, -0.2) is 23.4 Å². The Hall–Kier alpha value is -0.240. The molecule has 1 amide bonds. The summed E-state index contributed by atoms with van der Waals surface area (Å²) in [4.78, 5) is 12.4. The fraction of sp³-hybridized carbons (Fsp3) is 0.875. The van der Waals surface area contributed by atoms with Crippen LogP contribution in [0.1, 0.15) is 32.1 Å². The van der Waals surface area contributed by atoms with Gasteiger partial charge in [-0.2, -0.15) is 0 Å². The number of rotatable bonds is 1. The van der Waals surface area contributed by atoms with E-state index in [1.165, 1.54) is 19.3 Å². The molecule has 0 saturated heterocycles. The molecule has 0 aromatic carbocycles. The SMILES string of the molecule is CN(C(=O)Cl)C1CCCCC1. The molecule has 1 aliphatic rings. The van der Waals surface area contributed by atoms with Crippen molar-refractivity contribution >= 4 is 17.0 Å². The molecule has 0 aromatic heterocycles. The van der Waals surface area contributed by atoms with E-state index in [4.69, 9.17) is 11.6 Å². The van der Waals surface area contributed by atoms with E-state index in [9.17, 15) is 4.79 Å². The topological polar surface area (TPSA) is 20.3 Å². The van der Waals surface area contributed by atoms with Crippen LogP contribution in [0.4, 0.5) is 4.79 Å². The molecule has 0 aliphatic heterocycles. The molecule has 0 atom stereocenters. The van der Waals surface area contributed by atoms with Gasteiger partial charge in [0.25, 0.3) is 0 Å². The van der Waals surface area contributed by atoms with Crippen molar-refractivity contribution in [3.8, 4) is 0 Å². The van der Waals surface area contributed by atoms with E-state index in [0.29, 0.717) is 6.04 Å². The van der Waals surface area contributed by atoms with Gasteiger partial charge in [0.2, 0.25) is 0 Å². The van der Waals surface area contributed by atoms with Crippen molar-refractivity contribution in [1.29, 1.82) is 0 Å². The van der Waals surface area contributed by atoms with Gasteiger partial charge < -0.3 is 4.90 Å². The number of carbonyl (C=O) groups is 1. The van der Waals surface area contributed by atoms with Gasteiger partial charge in [-0.25, -0.2) is 0 Å². The van der Waals surface area contributed by atoms with Crippen molar-refractivity contribution in [3.63, 3.8) is 0 Å². The highest BCUT2D eigenvalue weighted by molar-refractivity contribution is 6.62. The largest absolute Gasteiger partial charge is 0.329 e. The molecule has 0 spiro atoms. The Morgan fingerprint density at radius 2 is 1.91 bits per heavy atom. The lowest BCUT2D eigenvalue weighted by Gasteiger charge is -2.29. The number of amides is 1. The van der Waals surface area contributed by atoms with Crippen molar-refractivity contribution in [2.24, 2.45) is 0 Å². The minimum Gasteiger partial charge on any atom is -0.329 e. The predicted octanol–water partition coefficient (Wildman–Crippen LogP) is 2.61. The predicted molar refractivity (Wildman–Crippen MR) is 45.9 cm³/mol. The minimum absolute atomic E-state index is 0.322. The van der Waals surface area contributed by atoms with Gasteiger partial charge in [-0.3, -0.25) is 4.79 Å². The zero-order valence-electron chi connectivity index (χ0n) is 6.85. The average Bonchev–Trinajstić information content (AvgIpc) is 2.05. The average molecular weight is 176 g/mol. The van der Waals surface area contributed by atoms with Crippen LogP contribution in [0.25, 0.3) is 0 Å². The van der Waals surface area contributed by atoms with Gasteiger partial charge in [0.05, 0.1) is 0 Å². The van der Waals surface area contributed by atoms with E-state index in [0.717, 1.165) is 12.8 Å². The Labute approximate surface area is 72.5 Å². The zero-order valence-corrected chi connectivity index (χ0v) is 7.60. The summed E-state index contributed by atoms with van der Waals surface area (Å²) >= 11 is 5.35. The quantitative estimate of drug-likeness (QED) is 0.443. The first-order valence-corrected chi connectivity index (χ1v) is 4.52. The van der Waals surface area contributed by atoms with Gasteiger partial charge >= 0.3 is 5.37 Å². The molecule has 0 N–H and O–H groups in total. The zero-order chi connectivity index (χ0) is 8.27. The first-order valence-electron chi connectivity index (χ1n) is 4.14. The Kier molecular flexibility index (Phi) is 3.18. The summed E-state index contributed by atoms with van der Waals surface area (Å²) in [6.07, 6.45) is 6.02. The highest BCUT2D eigenvalue weighted by Crippen LogP contribution is 2.22. The van der Waals surface area contributed by atoms with Gasteiger partial charge in [0, 0.05) is 13.1 Å². The van der Waals surface area contributed by atoms with Crippen LogP contribution in [0.15, 0.2) is 0 Å². The van der Waals surface area contributed by atoms with Crippen molar-refractivity contribution in [2.45, 2.75) is 38.1 Å². The second-order valence-electron chi connectivity index (χ2n) is 3.16. The molecular weight excluding hydrogens is 162 g/mol. The first-order chi connectivity index (χ1) is 5.22. The summed E-state index contributed by atoms with van der Waals surface area (Å²) in [5.41, 5.74) is 0. The molecule has 1 saturated carbocycles. The molecule has 64 valence electrons. The van der Waals surface area contributed by atoms with Crippen molar-refractivity contribution in [3.05, 3.63) is 0 Å². The number of carbonyl (C=O) groups excluding carboxylic acids is 1. The molecule has 1 rings (SSSR count). The molecule has 2 nitrogen and oxygen atoms in total. The molecule has 0 bridgehead atoms. The van der Waals surface area contributed by atoms with Crippen LogP contribution in [0.3, 0.4) is 0 Å². The summed E-state index contributed by atoms with van der Waals surface area (Å²) in [6, 6.07) is 0.397. The van der Waals surface area contributed by atoms with Crippen molar-refractivity contribution in [1.82, 2.24) is 4.90 Å². The molecular formula is C8H14ClNO. The van der Waals surface area contributed by atoms with Crippen molar-refractivity contribution < 1.29 is 4.79 Å². The van der Waals surface area contributed by atoms with E-state index >= 15 is 0 Å². The lowest BCUT2D eigenvalue weighted by Crippen LogP contribution is -2.34. The molecule has 0 aromatic rings. The summed E-state index contributed by atoms with van der Waals surface area (Å²) in [5, 5.41) is -0.322. The lowest BCUT2D eigenvalue weighted by molar-refractivity contribution is 0.195. The van der Waals surface area contributed by atoms with E-state index in [1.54, 1.807) is 11.9 Å². The van der Waals surface area contributed by atoms with Gasteiger partial charge in [-0.1, -0.05) is 19.3 Å². The van der Waals surface area contributed by atoms with E-state index in [1.807, 2.05) is 0 Å². The third-order valence-corrected chi connectivity index (χ3v) is 2.67. The van der Waals surface area contributed by atoms with Gasteiger partial charge in [-0.15, -0.1) is 0 Å². The van der Waals surface area contributed by atoms with Gasteiger partial charge in [-0.05, 0) is 24.4 Å². The fourth-order valence-corrected chi connectivity index (χ4v) is 1.75. The Balaban J connectivity index is 2.38. The third-order valence-electron chi connectivity index (χ3n) is 2.40. The van der Waals surface area contributed by atoms with Gasteiger partial charge in [0.1, 0.15) is 0 Å².